The second-order valence-electron chi connectivity index (χ2n) is 10.4. The minimum atomic E-state index is -0.828. The van der Waals surface area contributed by atoms with E-state index < -0.39 is 17.7 Å². The van der Waals surface area contributed by atoms with Crippen molar-refractivity contribution in [2.24, 2.45) is 11.8 Å². The first-order valence-corrected chi connectivity index (χ1v) is 13.5. The van der Waals surface area contributed by atoms with Gasteiger partial charge in [-0.2, -0.15) is 0 Å². The van der Waals surface area contributed by atoms with Crippen molar-refractivity contribution in [3.05, 3.63) is 52.2 Å². The van der Waals surface area contributed by atoms with Gasteiger partial charge in [0.15, 0.2) is 24.0 Å². The highest BCUT2D eigenvalue weighted by atomic mass is 16.6. The van der Waals surface area contributed by atoms with Crippen LogP contribution >= 0.6 is 0 Å². The number of aromatic nitrogens is 2. The summed E-state index contributed by atoms with van der Waals surface area (Å²) in [5, 5.41) is 3.30. The monoisotopic (exact) mass is 558 g/mol. The zero-order valence-corrected chi connectivity index (χ0v) is 23.1. The molecule has 1 saturated heterocycles. The lowest BCUT2D eigenvalue weighted by Crippen LogP contribution is -2.54. The maximum Gasteiger partial charge on any atom is 0.519 e. The molecule has 3 heterocycles. The van der Waals surface area contributed by atoms with Crippen LogP contribution in [0.15, 0.2) is 37.9 Å². The number of imidazole rings is 1. The average Bonchev–Trinajstić information content (AvgIpc) is 3.46. The van der Waals surface area contributed by atoms with Crippen molar-refractivity contribution < 1.29 is 27.9 Å². The predicted molar refractivity (Wildman–Crippen MR) is 150 cm³/mol. The smallest absolute Gasteiger partial charge is 0.457 e. The van der Waals surface area contributed by atoms with Crippen LogP contribution in [0, 0.1) is 18.8 Å². The minimum Gasteiger partial charge on any atom is -0.457 e. The Bertz CT molecular complexity index is 1330. The number of nitrogens with zero attached hydrogens (tertiary/aromatic N) is 3. The molecule has 0 spiro atoms. The number of para-hydroxylation sites is 2. The number of carbonyl (C=O) groups excluding carboxylic acids is 2. The largest absolute Gasteiger partial charge is 0.519 e. The van der Waals surface area contributed by atoms with E-state index in [0.717, 1.165) is 23.9 Å². The fraction of sp³-hybridized carbons (Fsp3) is 0.586. The van der Waals surface area contributed by atoms with Gasteiger partial charge >= 0.3 is 11.8 Å². The summed E-state index contributed by atoms with van der Waals surface area (Å²) in [5.41, 5.74) is 1.70. The van der Waals surface area contributed by atoms with Gasteiger partial charge in [0.1, 0.15) is 0 Å². The van der Waals surface area contributed by atoms with E-state index in [1.165, 1.54) is 0 Å². The van der Waals surface area contributed by atoms with Crippen LogP contribution in [0.5, 0.6) is 0 Å². The van der Waals surface area contributed by atoms with Gasteiger partial charge in [0.25, 0.3) is 5.91 Å². The molecule has 2 atom stereocenters. The van der Waals surface area contributed by atoms with E-state index in [0.29, 0.717) is 45.0 Å². The van der Waals surface area contributed by atoms with Crippen LogP contribution in [0.1, 0.15) is 62.7 Å². The summed E-state index contributed by atoms with van der Waals surface area (Å²) in [7, 11) is 1.68. The van der Waals surface area contributed by atoms with Gasteiger partial charge in [0, 0.05) is 45.9 Å². The number of rotatable bonds is 12. The van der Waals surface area contributed by atoms with Gasteiger partial charge in [-0.05, 0) is 44.2 Å². The van der Waals surface area contributed by atoms with Crippen molar-refractivity contribution in [3.63, 3.8) is 0 Å². The Hall–Kier alpha value is -3.44. The van der Waals surface area contributed by atoms with Crippen LogP contribution < -0.4 is 11.1 Å². The van der Waals surface area contributed by atoms with E-state index in [1.54, 1.807) is 14.0 Å². The number of hydrogen-bond acceptors (Lipinski definition) is 9. The molecule has 1 amide bonds. The van der Waals surface area contributed by atoms with E-state index in [2.05, 4.69) is 19.2 Å². The Morgan fingerprint density at radius 1 is 1.20 bits per heavy atom. The Balaban J connectivity index is 0.00000441. The number of hydrogen-bond donors (Lipinski definition) is 1. The quantitative estimate of drug-likeness (QED) is 0.261. The molecule has 2 aromatic heterocycles. The molecular formula is C29H42N4O7. The molecular weight excluding hydrogens is 516 g/mol. The number of nitrogens with one attached hydrogen (secondary N) is 1. The summed E-state index contributed by atoms with van der Waals surface area (Å²) >= 11 is 0. The molecule has 3 aromatic rings. The number of esters is 1. The third-order valence-electron chi connectivity index (χ3n) is 6.93. The number of ether oxygens (including phenoxy) is 2. The van der Waals surface area contributed by atoms with Gasteiger partial charge in [0.2, 0.25) is 0 Å². The number of benzene rings is 1. The van der Waals surface area contributed by atoms with E-state index >= 15 is 0 Å². The number of piperidine rings is 1. The summed E-state index contributed by atoms with van der Waals surface area (Å²) < 4.78 is 22.4. The van der Waals surface area contributed by atoms with Crippen molar-refractivity contribution in [1.82, 2.24) is 19.8 Å². The molecule has 0 bridgehead atoms. The fourth-order valence-corrected chi connectivity index (χ4v) is 5.00. The molecule has 0 aliphatic carbocycles. The Morgan fingerprint density at radius 3 is 2.67 bits per heavy atom. The normalized spacial score (nSPS) is 17.1. The highest BCUT2D eigenvalue weighted by Gasteiger charge is 2.36. The first-order chi connectivity index (χ1) is 18.8. The van der Waals surface area contributed by atoms with Crippen LogP contribution in [0.3, 0.4) is 0 Å². The molecule has 1 fully saturated rings. The molecule has 40 heavy (non-hydrogen) atoms. The third kappa shape index (κ3) is 7.39. The molecule has 0 saturated carbocycles. The maximum atomic E-state index is 14.1. The van der Waals surface area contributed by atoms with Crippen molar-refractivity contribution in [2.75, 3.05) is 33.4 Å². The second-order valence-corrected chi connectivity index (χ2v) is 10.4. The molecule has 1 aromatic carbocycles. The van der Waals surface area contributed by atoms with E-state index in [1.807, 2.05) is 33.7 Å². The second kappa shape index (κ2) is 14.3. The van der Waals surface area contributed by atoms with Gasteiger partial charge in [0.05, 0.1) is 17.0 Å². The molecule has 0 radical (unpaired) electrons. The number of carbonyl (C=O) groups is 2. The number of fused-ring (bicyclic) bond motifs is 1. The van der Waals surface area contributed by atoms with Crippen molar-refractivity contribution in [2.45, 2.75) is 66.7 Å². The topological polar surface area (TPSA) is 129 Å². The maximum absolute atomic E-state index is 14.1. The zero-order valence-electron chi connectivity index (χ0n) is 23.1. The van der Waals surface area contributed by atoms with Crippen LogP contribution in [0.4, 0.5) is 0 Å². The Morgan fingerprint density at radius 2 is 1.98 bits per heavy atom. The molecule has 1 N–H and O–H groups in total. The first kappa shape index (κ1) is 31.1. The standard InChI is InChI=1S/C28H38N4O7.CH4/c1-18(2)16-32(21-13-20(14-29-15-21)27(34)37-17-24-19(3)38-28(35)39-24)26(33)25-30-22-9-5-6-10-23(22)31(25)11-7-8-12-36-4;/h5-6,9-10,18,20-21,29H,7-8,11-17H2,1-4H3;1H4/t20-,21+;/m1./s1. The summed E-state index contributed by atoms with van der Waals surface area (Å²) in [5.74, 6) is -0.761. The van der Waals surface area contributed by atoms with Gasteiger partial charge in [-0.25, -0.2) is 9.78 Å². The lowest BCUT2D eigenvalue weighted by molar-refractivity contribution is -0.151. The van der Waals surface area contributed by atoms with E-state index in [4.69, 9.17) is 23.3 Å². The highest BCUT2D eigenvalue weighted by molar-refractivity contribution is 5.95. The van der Waals surface area contributed by atoms with Crippen LogP contribution in [-0.2, 0) is 27.4 Å². The SMILES string of the molecule is C.COCCCCn1c(C(=O)N(CC(C)C)[C@@H]2CNC[C@H](C(=O)OCc3oc(=O)oc3C)C2)nc2ccccc21. The summed E-state index contributed by atoms with van der Waals surface area (Å²) in [4.78, 5) is 44.9. The predicted octanol–water partition coefficient (Wildman–Crippen LogP) is 3.77. The molecule has 11 heteroatoms. The summed E-state index contributed by atoms with van der Waals surface area (Å²) in [6, 6.07) is 7.56. The van der Waals surface area contributed by atoms with E-state index in [-0.39, 0.29) is 43.4 Å². The van der Waals surface area contributed by atoms with E-state index in [9.17, 15) is 14.4 Å². The van der Waals surface area contributed by atoms with Gasteiger partial charge in [-0.1, -0.05) is 33.4 Å². The zero-order chi connectivity index (χ0) is 27.9. The number of unbranched alkanes of at least 4 members (excludes halogenated alkanes) is 1. The van der Waals surface area contributed by atoms with Crippen LogP contribution in [-0.4, -0.2) is 65.7 Å². The van der Waals surface area contributed by atoms with Gasteiger partial charge in [-0.3, -0.25) is 9.59 Å². The van der Waals surface area contributed by atoms with Crippen molar-refractivity contribution in [1.29, 1.82) is 0 Å². The average molecular weight is 559 g/mol. The lowest BCUT2D eigenvalue weighted by atomic mass is 9.94. The number of methoxy groups -OCH3 is 1. The first-order valence-electron chi connectivity index (χ1n) is 13.5. The van der Waals surface area contributed by atoms with Gasteiger partial charge in [-0.15, -0.1) is 0 Å². The highest BCUT2D eigenvalue weighted by Crippen LogP contribution is 2.24. The minimum absolute atomic E-state index is 0. The molecule has 1 aliphatic heterocycles. The fourth-order valence-electron chi connectivity index (χ4n) is 5.00. The molecule has 4 rings (SSSR count). The van der Waals surface area contributed by atoms with Crippen LogP contribution in [0.25, 0.3) is 11.0 Å². The molecule has 11 nitrogen and oxygen atoms in total. The number of amides is 1. The van der Waals surface area contributed by atoms with Gasteiger partial charge < -0.3 is 33.1 Å². The van der Waals surface area contributed by atoms with Crippen molar-refractivity contribution >= 4 is 22.9 Å². The summed E-state index contributed by atoms with van der Waals surface area (Å²) in [6.07, 6.45) is 2.19. The Labute approximate surface area is 234 Å². The Kier molecular flexibility index (Phi) is 11.1. The van der Waals surface area contributed by atoms with Crippen molar-refractivity contribution in [3.8, 4) is 0 Å². The molecule has 1 aliphatic rings. The molecule has 0 unspecified atom stereocenters. The summed E-state index contributed by atoms with van der Waals surface area (Å²) in [6.45, 7) is 8.37. The van der Waals surface area contributed by atoms with Crippen LogP contribution in [0.2, 0.25) is 0 Å². The lowest BCUT2D eigenvalue weighted by Gasteiger charge is -2.38. The molecule has 220 valence electrons. The number of aryl methyl sites for hydroxylation is 2. The third-order valence-corrected chi connectivity index (χ3v) is 6.93.